The summed E-state index contributed by atoms with van der Waals surface area (Å²) in [6, 6.07) is 0.157. The van der Waals surface area contributed by atoms with E-state index >= 15 is 0 Å². The summed E-state index contributed by atoms with van der Waals surface area (Å²) in [6.45, 7) is 6.63. The molecular formula is C15H26N2S. The standard InChI is InChI=1S/C15H26N2S/c1-15(2,3)12-10-18-14(17-12)13(16)11-8-6-4-5-7-9-11/h10-11,13H,4-9,16H2,1-3H3. The number of hydrogen-bond acceptors (Lipinski definition) is 3. The lowest BCUT2D eigenvalue weighted by Gasteiger charge is -2.20. The van der Waals surface area contributed by atoms with Gasteiger partial charge in [-0.15, -0.1) is 11.3 Å². The van der Waals surface area contributed by atoms with Crippen molar-refractivity contribution in [2.45, 2.75) is 70.8 Å². The molecule has 102 valence electrons. The monoisotopic (exact) mass is 266 g/mol. The van der Waals surface area contributed by atoms with Gasteiger partial charge < -0.3 is 5.73 Å². The highest BCUT2D eigenvalue weighted by Gasteiger charge is 2.25. The number of nitrogens with two attached hydrogens (primary N) is 1. The first-order chi connectivity index (χ1) is 8.48. The Balaban J connectivity index is 2.08. The Morgan fingerprint density at radius 3 is 2.33 bits per heavy atom. The van der Waals surface area contributed by atoms with E-state index in [-0.39, 0.29) is 11.5 Å². The van der Waals surface area contributed by atoms with E-state index in [1.54, 1.807) is 11.3 Å². The third-order valence-electron chi connectivity index (χ3n) is 3.98. The second kappa shape index (κ2) is 5.70. The van der Waals surface area contributed by atoms with E-state index < -0.39 is 0 Å². The summed E-state index contributed by atoms with van der Waals surface area (Å²) in [5, 5.41) is 3.33. The molecule has 1 aromatic rings. The average molecular weight is 266 g/mol. The van der Waals surface area contributed by atoms with E-state index in [0.29, 0.717) is 5.92 Å². The zero-order chi connectivity index (χ0) is 13.2. The molecule has 0 aromatic carbocycles. The molecule has 0 radical (unpaired) electrons. The van der Waals surface area contributed by atoms with Crippen LogP contribution < -0.4 is 5.73 Å². The Kier molecular flexibility index (Phi) is 4.44. The number of rotatable bonds is 2. The van der Waals surface area contributed by atoms with Crippen molar-refractivity contribution in [3.63, 3.8) is 0 Å². The summed E-state index contributed by atoms with van der Waals surface area (Å²) in [5.41, 5.74) is 7.77. The Hall–Kier alpha value is -0.410. The molecule has 1 fully saturated rings. The van der Waals surface area contributed by atoms with Crippen molar-refractivity contribution < 1.29 is 0 Å². The van der Waals surface area contributed by atoms with Gasteiger partial charge in [-0.3, -0.25) is 0 Å². The maximum absolute atomic E-state index is 6.44. The Bertz CT molecular complexity index is 370. The molecule has 18 heavy (non-hydrogen) atoms. The second-order valence-electron chi connectivity index (χ2n) is 6.60. The minimum atomic E-state index is 0.137. The molecule has 1 aromatic heterocycles. The van der Waals surface area contributed by atoms with Gasteiger partial charge in [0.2, 0.25) is 0 Å². The molecule has 1 unspecified atom stereocenters. The fraction of sp³-hybridized carbons (Fsp3) is 0.800. The van der Waals surface area contributed by atoms with Crippen LogP contribution in [-0.4, -0.2) is 4.98 Å². The SMILES string of the molecule is CC(C)(C)c1csc(C(N)C2CCCCCC2)n1. The topological polar surface area (TPSA) is 38.9 Å². The maximum Gasteiger partial charge on any atom is 0.110 e. The van der Waals surface area contributed by atoms with Gasteiger partial charge in [-0.05, 0) is 18.8 Å². The van der Waals surface area contributed by atoms with Gasteiger partial charge in [0.1, 0.15) is 5.01 Å². The van der Waals surface area contributed by atoms with Crippen molar-refractivity contribution in [1.82, 2.24) is 4.98 Å². The van der Waals surface area contributed by atoms with Crippen LogP contribution in [0.15, 0.2) is 5.38 Å². The fourth-order valence-corrected chi connectivity index (χ4v) is 3.80. The van der Waals surface area contributed by atoms with Gasteiger partial charge in [0.15, 0.2) is 0 Å². The Morgan fingerprint density at radius 1 is 1.22 bits per heavy atom. The van der Waals surface area contributed by atoms with Crippen LogP contribution in [0, 0.1) is 5.92 Å². The average Bonchev–Trinajstić information content (AvgIpc) is 2.65. The van der Waals surface area contributed by atoms with E-state index in [0.717, 1.165) is 5.01 Å². The predicted molar refractivity (Wildman–Crippen MR) is 78.9 cm³/mol. The van der Waals surface area contributed by atoms with Crippen molar-refractivity contribution in [3.8, 4) is 0 Å². The van der Waals surface area contributed by atoms with Crippen LogP contribution in [0.2, 0.25) is 0 Å². The van der Waals surface area contributed by atoms with Crippen molar-refractivity contribution in [1.29, 1.82) is 0 Å². The molecular weight excluding hydrogens is 240 g/mol. The third-order valence-corrected chi connectivity index (χ3v) is 4.93. The van der Waals surface area contributed by atoms with E-state index in [1.165, 1.54) is 44.2 Å². The lowest BCUT2D eigenvalue weighted by atomic mass is 9.92. The van der Waals surface area contributed by atoms with Crippen molar-refractivity contribution >= 4 is 11.3 Å². The number of aromatic nitrogens is 1. The molecule has 1 saturated carbocycles. The molecule has 2 nitrogen and oxygen atoms in total. The zero-order valence-electron chi connectivity index (χ0n) is 11.9. The van der Waals surface area contributed by atoms with Crippen LogP contribution in [0.4, 0.5) is 0 Å². The molecule has 1 atom stereocenters. The van der Waals surface area contributed by atoms with Crippen molar-refractivity contribution in [3.05, 3.63) is 16.1 Å². The second-order valence-corrected chi connectivity index (χ2v) is 7.49. The first-order valence-electron chi connectivity index (χ1n) is 7.20. The summed E-state index contributed by atoms with van der Waals surface area (Å²) < 4.78 is 0. The van der Waals surface area contributed by atoms with Gasteiger partial charge in [0, 0.05) is 10.8 Å². The van der Waals surface area contributed by atoms with Crippen molar-refractivity contribution in [2.24, 2.45) is 11.7 Å². The fourth-order valence-electron chi connectivity index (χ4n) is 2.66. The lowest BCUT2D eigenvalue weighted by Crippen LogP contribution is -2.21. The number of thiazole rings is 1. The Labute approximate surface area is 115 Å². The van der Waals surface area contributed by atoms with E-state index in [2.05, 4.69) is 26.2 Å². The van der Waals surface area contributed by atoms with Gasteiger partial charge >= 0.3 is 0 Å². The van der Waals surface area contributed by atoms with E-state index in [1.807, 2.05) is 0 Å². The highest BCUT2D eigenvalue weighted by Crippen LogP contribution is 2.34. The van der Waals surface area contributed by atoms with E-state index in [4.69, 9.17) is 10.7 Å². The summed E-state index contributed by atoms with van der Waals surface area (Å²) in [4.78, 5) is 4.78. The molecule has 2 rings (SSSR count). The smallest absolute Gasteiger partial charge is 0.110 e. The molecule has 3 heteroatoms. The maximum atomic E-state index is 6.44. The minimum absolute atomic E-state index is 0.137. The summed E-state index contributed by atoms with van der Waals surface area (Å²) in [6.07, 6.45) is 8.02. The lowest BCUT2D eigenvalue weighted by molar-refractivity contribution is 0.380. The summed E-state index contributed by atoms with van der Waals surface area (Å²) >= 11 is 1.75. The largest absolute Gasteiger partial charge is 0.322 e. The first kappa shape index (κ1) is 14.0. The molecule has 1 aliphatic carbocycles. The summed E-state index contributed by atoms with van der Waals surface area (Å²) in [5.74, 6) is 0.645. The molecule has 0 amide bonds. The summed E-state index contributed by atoms with van der Waals surface area (Å²) in [7, 11) is 0. The zero-order valence-corrected chi connectivity index (χ0v) is 12.7. The normalized spacial score (nSPS) is 20.7. The molecule has 0 aliphatic heterocycles. The molecule has 1 aliphatic rings. The molecule has 0 spiro atoms. The predicted octanol–water partition coefficient (Wildman–Crippen LogP) is 4.41. The van der Waals surface area contributed by atoms with Crippen LogP contribution in [-0.2, 0) is 5.41 Å². The number of nitrogens with zero attached hydrogens (tertiary/aromatic N) is 1. The third kappa shape index (κ3) is 3.33. The quantitative estimate of drug-likeness (QED) is 0.805. The highest BCUT2D eigenvalue weighted by atomic mass is 32.1. The van der Waals surface area contributed by atoms with Crippen LogP contribution >= 0.6 is 11.3 Å². The first-order valence-corrected chi connectivity index (χ1v) is 8.08. The molecule has 1 heterocycles. The van der Waals surface area contributed by atoms with Crippen LogP contribution in [0.3, 0.4) is 0 Å². The number of hydrogen-bond donors (Lipinski definition) is 1. The van der Waals surface area contributed by atoms with E-state index in [9.17, 15) is 0 Å². The molecule has 0 bridgehead atoms. The van der Waals surface area contributed by atoms with Crippen LogP contribution in [0.1, 0.15) is 76.0 Å². The van der Waals surface area contributed by atoms with Crippen molar-refractivity contribution in [2.75, 3.05) is 0 Å². The molecule has 0 saturated heterocycles. The van der Waals surface area contributed by atoms with Gasteiger partial charge in [-0.2, -0.15) is 0 Å². The van der Waals surface area contributed by atoms with Gasteiger partial charge in [0.05, 0.1) is 11.7 Å². The van der Waals surface area contributed by atoms with Gasteiger partial charge in [0.25, 0.3) is 0 Å². The highest BCUT2D eigenvalue weighted by molar-refractivity contribution is 7.09. The van der Waals surface area contributed by atoms with Crippen LogP contribution in [0.25, 0.3) is 0 Å². The Morgan fingerprint density at radius 2 is 1.83 bits per heavy atom. The van der Waals surface area contributed by atoms with Gasteiger partial charge in [-0.1, -0.05) is 46.5 Å². The van der Waals surface area contributed by atoms with Gasteiger partial charge in [-0.25, -0.2) is 4.98 Å². The molecule has 2 N–H and O–H groups in total. The minimum Gasteiger partial charge on any atom is -0.322 e. The van der Waals surface area contributed by atoms with Crippen LogP contribution in [0.5, 0.6) is 0 Å².